The molecule has 0 aliphatic heterocycles. The third-order valence-corrected chi connectivity index (χ3v) is 1.28. The Morgan fingerprint density at radius 3 is 2.88 bits per heavy atom. The molecule has 0 bridgehead atoms. The van der Waals surface area contributed by atoms with Crippen LogP contribution < -0.4 is 3.53 Å². The van der Waals surface area contributed by atoms with Crippen molar-refractivity contribution in [2.75, 3.05) is 20.1 Å². The average Bonchev–Trinajstić information content (AvgIpc) is 1.83. The number of rotatable bonds is 4. The number of likely N-dealkylation sites (N-methyl/N-ethyl adjacent to an activating group) is 1. The summed E-state index contributed by atoms with van der Waals surface area (Å²) in [7, 11) is 1.75. The Morgan fingerprint density at radius 1 is 1.88 bits per heavy atom. The Labute approximate surface area is 62.9 Å². The first-order valence-corrected chi connectivity index (χ1v) is 3.38. The molecule has 1 amide bonds. The van der Waals surface area contributed by atoms with Crippen molar-refractivity contribution in [3.05, 3.63) is 0 Å². The maximum atomic E-state index is 9.91. The molecule has 0 radical (unpaired) electrons. The van der Waals surface area contributed by atoms with Crippen LogP contribution in [0.5, 0.6) is 0 Å². The van der Waals surface area contributed by atoms with Gasteiger partial charge >= 0.3 is 0 Å². The molecule has 0 atom stereocenters. The number of amides is 1. The zero-order chi connectivity index (χ0) is 6.41. The summed E-state index contributed by atoms with van der Waals surface area (Å²) >= 11 is 2.04. The highest BCUT2D eigenvalue weighted by Gasteiger charge is 1.88. The van der Waals surface area contributed by atoms with E-state index in [2.05, 4.69) is 3.53 Å². The normalized spacial score (nSPS) is 8.75. The first-order chi connectivity index (χ1) is 3.81. The highest BCUT2D eigenvalue weighted by atomic mass is 127. The van der Waals surface area contributed by atoms with Crippen LogP contribution >= 0.6 is 22.9 Å². The van der Waals surface area contributed by atoms with Gasteiger partial charge in [0.25, 0.3) is 0 Å². The highest BCUT2D eigenvalue weighted by molar-refractivity contribution is 14.1. The van der Waals surface area contributed by atoms with Gasteiger partial charge in [0, 0.05) is 43.0 Å². The van der Waals surface area contributed by atoms with Crippen molar-refractivity contribution in [1.29, 1.82) is 0 Å². The molecular weight excluding hydrogens is 219 g/mol. The van der Waals surface area contributed by atoms with Crippen LogP contribution in [0.3, 0.4) is 0 Å². The number of halogens is 1. The van der Waals surface area contributed by atoms with E-state index in [0.717, 1.165) is 19.5 Å². The molecular formula is C4H9IN2O. The summed E-state index contributed by atoms with van der Waals surface area (Å²) in [6.45, 7) is 1.61. The van der Waals surface area contributed by atoms with Gasteiger partial charge in [-0.2, -0.15) is 0 Å². The molecule has 0 aromatic heterocycles. The van der Waals surface area contributed by atoms with Crippen LogP contribution in [0.15, 0.2) is 0 Å². The van der Waals surface area contributed by atoms with Gasteiger partial charge < -0.3 is 4.90 Å². The first-order valence-electron chi connectivity index (χ1n) is 2.30. The summed E-state index contributed by atoms with van der Waals surface area (Å²) in [5, 5.41) is 0. The van der Waals surface area contributed by atoms with E-state index in [0.29, 0.717) is 0 Å². The average molecular weight is 228 g/mol. The lowest BCUT2D eigenvalue weighted by Crippen LogP contribution is -2.23. The fourth-order valence-corrected chi connectivity index (χ4v) is 0.513. The highest BCUT2D eigenvalue weighted by Crippen LogP contribution is 1.73. The van der Waals surface area contributed by atoms with Gasteiger partial charge in [0.1, 0.15) is 0 Å². The van der Waals surface area contributed by atoms with Gasteiger partial charge in [0.05, 0.1) is 0 Å². The smallest absolute Gasteiger partial charge is 0.209 e. The summed E-state index contributed by atoms with van der Waals surface area (Å²) in [6.07, 6.45) is 0.813. The van der Waals surface area contributed by atoms with Crippen LogP contribution in [0.4, 0.5) is 0 Å². The largest absolute Gasteiger partial charge is 0.347 e. The second-order valence-electron chi connectivity index (χ2n) is 1.47. The molecule has 0 saturated heterocycles. The third kappa shape index (κ3) is 4.32. The molecule has 8 heavy (non-hydrogen) atoms. The van der Waals surface area contributed by atoms with E-state index < -0.39 is 0 Å². The molecule has 0 heterocycles. The second-order valence-corrected chi connectivity index (χ2v) is 2.23. The fourth-order valence-electron chi connectivity index (χ4n) is 0.271. The molecule has 0 fully saturated rings. The van der Waals surface area contributed by atoms with Gasteiger partial charge in [-0.25, -0.2) is 0 Å². The summed E-state index contributed by atoms with van der Waals surface area (Å²) in [4.78, 5) is 11.5. The zero-order valence-corrected chi connectivity index (χ0v) is 6.88. The van der Waals surface area contributed by atoms with Crippen LogP contribution in [0.1, 0.15) is 0 Å². The minimum Gasteiger partial charge on any atom is -0.347 e. The van der Waals surface area contributed by atoms with E-state index in [1.807, 2.05) is 22.9 Å². The van der Waals surface area contributed by atoms with Crippen LogP contribution in [0, 0.1) is 0 Å². The lowest BCUT2D eigenvalue weighted by molar-refractivity contribution is -0.116. The van der Waals surface area contributed by atoms with E-state index in [1.165, 1.54) is 0 Å². The zero-order valence-electron chi connectivity index (χ0n) is 4.72. The minimum absolute atomic E-state index is 0.770. The number of nitrogens with zero attached hydrogens (tertiary/aromatic N) is 1. The van der Waals surface area contributed by atoms with Crippen LogP contribution in [-0.2, 0) is 4.79 Å². The van der Waals surface area contributed by atoms with E-state index in [1.54, 1.807) is 11.9 Å². The standard InChI is InChI=1S/C4H9IN2O/c1-7(4-8)3-2-6-5/h4,6H,2-3H2,1H3. The fraction of sp³-hybridized carbons (Fsp3) is 0.750. The topological polar surface area (TPSA) is 32.3 Å². The quantitative estimate of drug-likeness (QED) is 0.417. The van der Waals surface area contributed by atoms with E-state index in [4.69, 9.17) is 0 Å². The van der Waals surface area contributed by atoms with Crippen molar-refractivity contribution in [1.82, 2.24) is 8.43 Å². The Hall–Kier alpha value is 0.160. The van der Waals surface area contributed by atoms with Crippen molar-refractivity contribution in [2.24, 2.45) is 0 Å². The van der Waals surface area contributed by atoms with Crippen LogP contribution in [0.2, 0.25) is 0 Å². The van der Waals surface area contributed by atoms with Gasteiger partial charge in [-0.1, -0.05) is 0 Å². The molecule has 0 aliphatic rings. The first kappa shape index (κ1) is 8.16. The maximum absolute atomic E-state index is 9.91. The monoisotopic (exact) mass is 228 g/mol. The van der Waals surface area contributed by atoms with Gasteiger partial charge in [-0.05, 0) is 0 Å². The number of hydrogen-bond donors (Lipinski definition) is 1. The van der Waals surface area contributed by atoms with Crippen molar-refractivity contribution < 1.29 is 4.79 Å². The predicted octanol–water partition coefficient (Wildman–Crippen LogP) is 0.0142. The molecule has 48 valence electrons. The van der Waals surface area contributed by atoms with E-state index in [-0.39, 0.29) is 0 Å². The molecule has 0 aliphatic carbocycles. The number of nitrogens with one attached hydrogen (secondary N) is 1. The summed E-state index contributed by atoms with van der Waals surface area (Å²) in [5.41, 5.74) is 0. The summed E-state index contributed by atoms with van der Waals surface area (Å²) < 4.78 is 2.90. The molecule has 0 saturated carbocycles. The number of carbonyl (C=O) groups is 1. The van der Waals surface area contributed by atoms with Crippen LogP contribution in [-0.4, -0.2) is 31.4 Å². The predicted molar refractivity (Wildman–Crippen MR) is 40.7 cm³/mol. The van der Waals surface area contributed by atoms with Gasteiger partial charge in [-0.3, -0.25) is 8.32 Å². The molecule has 0 spiro atoms. The van der Waals surface area contributed by atoms with E-state index in [9.17, 15) is 4.79 Å². The van der Waals surface area contributed by atoms with E-state index >= 15 is 0 Å². The van der Waals surface area contributed by atoms with Gasteiger partial charge in [-0.15, -0.1) is 0 Å². The summed E-state index contributed by atoms with van der Waals surface area (Å²) in [6, 6.07) is 0. The molecule has 4 heteroatoms. The number of carbonyl (C=O) groups excluding carboxylic acids is 1. The lowest BCUT2D eigenvalue weighted by Gasteiger charge is -2.07. The molecule has 0 aromatic rings. The van der Waals surface area contributed by atoms with Crippen LogP contribution in [0.25, 0.3) is 0 Å². The maximum Gasteiger partial charge on any atom is 0.209 e. The SMILES string of the molecule is CN(C=O)CCNI. The third-order valence-electron chi connectivity index (χ3n) is 0.739. The van der Waals surface area contributed by atoms with Gasteiger partial charge in [0.15, 0.2) is 0 Å². The van der Waals surface area contributed by atoms with Crippen molar-refractivity contribution in [2.45, 2.75) is 0 Å². The Kier molecular flexibility index (Phi) is 5.41. The van der Waals surface area contributed by atoms with Gasteiger partial charge in [0.2, 0.25) is 6.41 Å². The van der Waals surface area contributed by atoms with Crippen molar-refractivity contribution in [3.63, 3.8) is 0 Å². The Bertz CT molecular complexity index is 69.1. The summed E-state index contributed by atoms with van der Waals surface area (Å²) in [5.74, 6) is 0. The van der Waals surface area contributed by atoms with Crippen molar-refractivity contribution in [3.8, 4) is 0 Å². The Morgan fingerprint density at radius 2 is 2.50 bits per heavy atom. The lowest BCUT2D eigenvalue weighted by atomic mass is 10.6. The minimum atomic E-state index is 0.770. The van der Waals surface area contributed by atoms with Crippen molar-refractivity contribution >= 4 is 29.3 Å². The molecule has 3 nitrogen and oxygen atoms in total. The molecule has 0 aromatic carbocycles. The Balaban J connectivity index is 2.98. The molecule has 0 rings (SSSR count). The second kappa shape index (κ2) is 5.30. The molecule has 1 N–H and O–H groups in total. The molecule has 0 unspecified atom stereocenters. The number of hydrogen-bond acceptors (Lipinski definition) is 2.